The van der Waals surface area contributed by atoms with Gasteiger partial charge in [-0.05, 0) is 171 Å². The van der Waals surface area contributed by atoms with Crippen LogP contribution in [0.25, 0.3) is 0 Å². The zero-order valence-electron chi connectivity index (χ0n) is 65.8. The Hall–Kier alpha value is -9.42. The number of amides is 13. The van der Waals surface area contributed by atoms with Gasteiger partial charge in [0, 0.05) is 12.8 Å². The van der Waals surface area contributed by atoms with Crippen molar-refractivity contribution in [2.45, 2.75) is 264 Å². The van der Waals surface area contributed by atoms with Crippen molar-refractivity contribution >= 4 is 82.8 Å². The molecule has 2 rings (SSSR count). The molecule has 0 aromatic heterocycles. The summed E-state index contributed by atoms with van der Waals surface area (Å²) in [5.41, 5.74) is 30.1. The van der Waals surface area contributed by atoms with Crippen LogP contribution in [0, 0.1) is 23.7 Å². The Morgan fingerprint density at radius 2 is 0.582 bits per heavy atom. The number of phenolic OH excluding ortho intramolecular Hbond substituents is 1. The molecule has 0 radical (unpaired) electrons. The Morgan fingerprint density at radius 3 is 0.945 bits per heavy atom. The number of phenols is 1. The van der Waals surface area contributed by atoms with Crippen molar-refractivity contribution in [2.75, 3.05) is 26.2 Å². The van der Waals surface area contributed by atoms with Crippen LogP contribution < -0.4 is 97.8 Å². The average molecular weight is 1550 g/mol. The zero-order valence-corrected chi connectivity index (χ0v) is 65.8. The number of nitrogens with two attached hydrogens (primary N) is 5. The first-order valence-corrected chi connectivity index (χ1v) is 38.1. The third-order valence-electron chi connectivity index (χ3n) is 18.3. The molecule has 26 N–H and O–H groups in total. The first-order chi connectivity index (χ1) is 51.8. The number of benzene rings is 2. The van der Waals surface area contributed by atoms with Crippen LogP contribution in [0.3, 0.4) is 0 Å². The summed E-state index contributed by atoms with van der Waals surface area (Å²) < 4.78 is 0. The van der Waals surface area contributed by atoms with E-state index >= 15 is 0 Å². The zero-order chi connectivity index (χ0) is 83.1. The largest absolute Gasteiger partial charge is 0.508 e. The third kappa shape index (κ3) is 34.7. The highest BCUT2D eigenvalue weighted by molar-refractivity contribution is 6.00. The van der Waals surface area contributed by atoms with Gasteiger partial charge in [-0.15, -0.1) is 0 Å². The number of carboxylic acid groups (broad SMARTS) is 1. The lowest BCUT2D eigenvalue weighted by molar-refractivity contribution is -0.142. The minimum Gasteiger partial charge on any atom is -0.508 e. The smallest absolute Gasteiger partial charge is 0.325 e. The standard InChI is InChI=1S/C75H126N18O17/c1-40(2)57(71(105)83-46(11)75(109)110)90-68(102)55(38-48-24-14-13-15-25-48)87-72(106)59(42(5)6)91-69(103)56(39-49-30-32-50(95)33-31-49)88-74(108)61(47(12)94)93-63(97)45(10)81-62(96)44(9)82-70(104)58(41(3)4)92-73(107)60(43(7)8)89-67(101)54(29-19-23-37-79)86-66(100)53(28-18-22-36-78)85-65(99)52(27-17-21-35-77)84-64(98)51(80)26-16-20-34-76/h13-15,24-25,30-33,40-47,51-61,94-95H,16-23,26-29,34-39,76-80H2,1-12H3,(H,81,96)(H,82,104)(H,83,105)(H,84,98)(H,85,99)(H,86,100)(H,87,106)(H,88,108)(H,89,101)(H,90,102)(H,91,103)(H,92,107)(H,93,97)(H,109,110)/t44-,45-,46-,47+,51-,52-,53-,54-,55-,56-,57-,58-,59-,60-,61-/m0/s1. The molecule has 0 aliphatic rings. The fraction of sp³-hybridized carbons (Fsp3) is 0.653. The van der Waals surface area contributed by atoms with Crippen molar-refractivity contribution in [2.24, 2.45) is 52.3 Å². The van der Waals surface area contributed by atoms with Gasteiger partial charge in [-0.25, -0.2) is 0 Å². The van der Waals surface area contributed by atoms with E-state index in [1.54, 1.807) is 85.7 Å². The quantitative estimate of drug-likeness (QED) is 0.0304. The topological polar surface area (TPSA) is 586 Å². The maximum absolute atomic E-state index is 14.5. The summed E-state index contributed by atoms with van der Waals surface area (Å²) in [7, 11) is 0. The van der Waals surface area contributed by atoms with E-state index in [-0.39, 0.29) is 50.9 Å². The van der Waals surface area contributed by atoms with Gasteiger partial charge in [-0.3, -0.25) is 67.1 Å². The second-order valence-corrected chi connectivity index (χ2v) is 29.3. The normalized spacial score (nSPS) is 15.5. The van der Waals surface area contributed by atoms with E-state index in [2.05, 4.69) is 69.1 Å². The Kier molecular flexibility index (Phi) is 44.3. The average Bonchev–Trinajstić information content (AvgIpc) is 0.846. The molecule has 618 valence electrons. The highest BCUT2D eigenvalue weighted by atomic mass is 16.4. The number of hydrogen-bond donors (Lipinski definition) is 21. The summed E-state index contributed by atoms with van der Waals surface area (Å²) in [5, 5.41) is 64.4. The molecule has 0 heterocycles. The second kappa shape index (κ2) is 50.4. The summed E-state index contributed by atoms with van der Waals surface area (Å²) in [6.07, 6.45) is 2.60. The van der Waals surface area contributed by atoms with Crippen molar-refractivity contribution in [1.29, 1.82) is 0 Å². The molecule has 35 heteroatoms. The molecule has 0 fully saturated rings. The fourth-order valence-electron chi connectivity index (χ4n) is 11.4. The van der Waals surface area contributed by atoms with Gasteiger partial charge < -0.3 is 113 Å². The number of carboxylic acids is 1. The SMILES string of the molecule is CC(C)[C@H](NC(=O)[C@H](Cc1ccccc1)NC(=O)[C@@H](NC(=O)[C@H](Cc1ccc(O)cc1)NC(=O)[C@@H](NC(=O)[C@H](C)NC(=O)[C@H](C)NC(=O)[C@@H](NC(=O)[C@@H](NC(=O)[C@H](CCCCN)NC(=O)[C@H](CCCCN)NC(=O)[C@H](CCCCN)NC(=O)[C@@H](N)CCCCN)C(C)C)C(C)C)[C@@H](C)O)C(C)C)C(=O)N[C@@H](C)C(=O)O. The second-order valence-electron chi connectivity index (χ2n) is 29.3. The van der Waals surface area contributed by atoms with E-state index in [0.29, 0.717) is 82.0 Å². The molecule has 0 aliphatic heterocycles. The number of carbonyl (C=O) groups excluding carboxylic acids is 13. The van der Waals surface area contributed by atoms with E-state index in [0.717, 1.165) is 0 Å². The summed E-state index contributed by atoms with van der Waals surface area (Å²) >= 11 is 0. The maximum Gasteiger partial charge on any atom is 0.325 e. The molecule has 0 aliphatic carbocycles. The van der Waals surface area contributed by atoms with E-state index < -0.39 is 197 Å². The van der Waals surface area contributed by atoms with E-state index in [1.165, 1.54) is 52.0 Å². The molecule has 15 atom stereocenters. The Morgan fingerprint density at radius 1 is 0.309 bits per heavy atom. The molecule has 0 saturated heterocycles. The van der Waals surface area contributed by atoms with Crippen LogP contribution in [0.1, 0.15) is 171 Å². The number of aliphatic hydroxyl groups is 1. The number of hydrogen-bond acceptors (Lipinski definition) is 21. The Labute approximate surface area is 645 Å². The third-order valence-corrected chi connectivity index (χ3v) is 18.3. The number of nitrogens with one attached hydrogen (secondary N) is 13. The van der Waals surface area contributed by atoms with Gasteiger partial charge >= 0.3 is 5.97 Å². The first kappa shape index (κ1) is 96.7. The molecular formula is C75H126N18O17. The van der Waals surface area contributed by atoms with Crippen LogP contribution in [0.4, 0.5) is 0 Å². The van der Waals surface area contributed by atoms with Gasteiger partial charge in [0.1, 0.15) is 84.3 Å². The van der Waals surface area contributed by atoms with Crippen LogP contribution in [-0.2, 0) is 80.0 Å². The maximum atomic E-state index is 14.5. The number of aliphatic hydroxyl groups excluding tert-OH is 1. The first-order valence-electron chi connectivity index (χ1n) is 38.1. The predicted octanol–water partition coefficient (Wildman–Crippen LogP) is -2.53. The van der Waals surface area contributed by atoms with Gasteiger partial charge in [-0.2, -0.15) is 0 Å². The predicted molar refractivity (Wildman–Crippen MR) is 412 cm³/mol. The number of unbranched alkanes of at least 4 members (excludes halogenated alkanes) is 4. The summed E-state index contributed by atoms with van der Waals surface area (Å²) in [6, 6.07) is -4.52. The van der Waals surface area contributed by atoms with E-state index in [1.807, 2.05) is 0 Å². The molecule has 0 saturated carbocycles. The van der Waals surface area contributed by atoms with Crippen molar-refractivity contribution in [3.8, 4) is 5.75 Å². The minimum atomic E-state index is -1.81. The van der Waals surface area contributed by atoms with Crippen LogP contribution in [-0.4, -0.2) is 215 Å². The summed E-state index contributed by atoms with van der Waals surface area (Å²) in [5.74, 6) is -14.7. The number of aliphatic carboxylic acids is 1. The monoisotopic (exact) mass is 1550 g/mol. The minimum absolute atomic E-state index is 0.0592. The van der Waals surface area contributed by atoms with Crippen LogP contribution in [0.15, 0.2) is 54.6 Å². The highest BCUT2D eigenvalue weighted by Crippen LogP contribution is 2.17. The lowest BCUT2D eigenvalue weighted by Crippen LogP contribution is -2.62. The number of aromatic hydroxyl groups is 1. The molecule has 0 unspecified atom stereocenters. The van der Waals surface area contributed by atoms with Gasteiger partial charge in [0.05, 0.1) is 12.1 Å². The molecule has 13 amide bonds. The van der Waals surface area contributed by atoms with Crippen molar-refractivity contribution in [3.05, 3.63) is 65.7 Å². The fourth-order valence-corrected chi connectivity index (χ4v) is 11.4. The van der Waals surface area contributed by atoms with Crippen LogP contribution in [0.2, 0.25) is 0 Å². The van der Waals surface area contributed by atoms with Crippen molar-refractivity contribution < 1.29 is 82.4 Å². The molecule has 2 aromatic rings. The van der Waals surface area contributed by atoms with E-state index in [9.17, 15) is 82.4 Å². The van der Waals surface area contributed by atoms with Crippen LogP contribution in [0.5, 0.6) is 5.75 Å². The molecule has 110 heavy (non-hydrogen) atoms. The van der Waals surface area contributed by atoms with Gasteiger partial charge in [0.2, 0.25) is 76.8 Å². The molecule has 35 nitrogen and oxygen atoms in total. The lowest BCUT2D eigenvalue weighted by atomic mass is 9.98. The van der Waals surface area contributed by atoms with Gasteiger partial charge in [0.25, 0.3) is 0 Å². The van der Waals surface area contributed by atoms with Crippen molar-refractivity contribution in [3.63, 3.8) is 0 Å². The Bertz CT molecular complexity index is 3290. The molecular weight excluding hydrogens is 1420 g/mol. The highest BCUT2D eigenvalue weighted by Gasteiger charge is 2.39. The number of rotatable bonds is 52. The Balaban J connectivity index is 2.35. The van der Waals surface area contributed by atoms with Gasteiger partial charge in [0.15, 0.2) is 0 Å². The number of carbonyl (C=O) groups is 14. The summed E-state index contributed by atoms with van der Waals surface area (Å²) in [6.45, 7) is 19.2. The summed E-state index contributed by atoms with van der Waals surface area (Å²) in [4.78, 5) is 194. The molecule has 0 bridgehead atoms. The van der Waals surface area contributed by atoms with Crippen LogP contribution >= 0.6 is 0 Å². The van der Waals surface area contributed by atoms with Crippen molar-refractivity contribution in [1.82, 2.24) is 69.1 Å². The van der Waals surface area contributed by atoms with Gasteiger partial charge in [-0.1, -0.05) is 104 Å². The lowest BCUT2D eigenvalue weighted by Gasteiger charge is -2.30. The molecule has 2 aromatic carbocycles. The van der Waals surface area contributed by atoms with E-state index in [4.69, 9.17) is 28.7 Å². The molecule has 0 spiro atoms.